The molecule has 1 aliphatic carbocycles. The SMILES string of the molecule is CCCN(CCC)[C@@H]1Cc2ccc(Br)cc2C1. The van der Waals surface area contributed by atoms with Crippen LogP contribution >= 0.6 is 15.9 Å². The molecule has 0 amide bonds. The normalized spacial score (nSPS) is 18.7. The molecule has 1 aromatic carbocycles. The predicted molar refractivity (Wildman–Crippen MR) is 77.5 cm³/mol. The molecule has 1 nitrogen and oxygen atoms in total. The van der Waals surface area contributed by atoms with E-state index in [0.29, 0.717) is 0 Å². The minimum absolute atomic E-state index is 0.735. The summed E-state index contributed by atoms with van der Waals surface area (Å²) < 4.78 is 1.22. The van der Waals surface area contributed by atoms with Crippen molar-refractivity contribution < 1.29 is 0 Å². The standard InChI is InChI=1S/C15H22BrN/c1-3-7-17(8-4-2)15-10-12-5-6-14(16)9-13(12)11-15/h5-6,9,15H,3-4,7-8,10-11H2,1-2H3/t15-/m1/s1. The third-order valence-corrected chi connectivity index (χ3v) is 4.11. The molecule has 0 saturated carbocycles. The van der Waals surface area contributed by atoms with Crippen LogP contribution < -0.4 is 0 Å². The van der Waals surface area contributed by atoms with Crippen molar-refractivity contribution in [1.29, 1.82) is 0 Å². The largest absolute Gasteiger partial charge is 0.300 e. The van der Waals surface area contributed by atoms with E-state index in [1.807, 2.05) is 0 Å². The van der Waals surface area contributed by atoms with E-state index in [-0.39, 0.29) is 0 Å². The zero-order valence-corrected chi connectivity index (χ0v) is 12.5. The van der Waals surface area contributed by atoms with Crippen LogP contribution in [0.5, 0.6) is 0 Å². The van der Waals surface area contributed by atoms with Gasteiger partial charge in [-0.1, -0.05) is 35.8 Å². The molecule has 0 aliphatic heterocycles. The monoisotopic (exact) mass is 295 g/mol. The zero-order valence-electron chi connectivity index (χ0n) is 10.9. The summed E-state index contributed by atoms with van der Waals surface area (Å²) >= 11 is 3.57. The van der Waals surface area contributed by atoms with Crippen molar-refractivity contribution in [1.82, 2.24) is 4.90 Å². The summed E-state index contributed by atoms with van der Waals surface area (Å²) in [6.45, 7) is 7.05. The lowest BCUT2D eigenvalue weighted by Gasteiger charge is -2.27. The van der Waals surface area contributed by atoms with Crippen molar-refractivity contribution in [2.24, 2.45) is 0 Å². The van der Waals surface area contributed by atoms with E-state index in [0.717, 1.165) is 6.04 Å². The summed E-state index contributed by atoms with van der Waals surface area (Å²) in [6, 6.07) is 7.49. The fraction of sp³-hybridized carbons (Fsp3) is 0.600. The van der Waals surface area contributed by atoms with Crippen LogP contribution in [0.2, 0.25) is 0 Å². The van der Waals surface area contributed by atoms with Gasteiger partial charge in [0.15, 0.2) is 0 Å². The Morgan fingerprint density at radius 2 is 1.76 bits per heavy atom. The minimum Gasteiger partial charge on any atom is -0.300 e. The Kier molecular flexibility index (Phi) is 4.63. The van der Waals surface area contributed by atoms with E-state index in [1.165, 1.54) is 43.2 Å². The van der Waals surface area contributed by atoms with Gasteiger partial charge in [-0.05, 0) is 62.0 Å². The Morgan fingerprint density at radius 3 is 2.41 bits per heavy atom. The highest BCUT2D eigenvalue weighted by Crippen LogP contribution is 2.28. The van der Waals surface area contributed by atoms with Gasteiger partial charge < -0.3 is 0 Å². The van der Waals surface area contributed by atoms with Gasteiger partial charge in [0, 0.05) is 10.5 Å². The van der Waals surface area contributed by atoms with Crippen LogP contribution in [-0.2, 0) is 12.8 Å². The Balaban J connectivity index is 2.07. The second-order valence-electron chi connectivity index (χ2n) is 5.01. The van der Waals surface area contributed by atoms with Gasteiger partial charge >= 0.3 is 0 Å². The molecule has 2 heteroatoms. The molecule has 0 unspecified atom stereocenters. The maximum atomic E-state index is 3.57. The lowest BCUT2D eigenvalue weighted by atomic mass is 10.1. The molecule has 2 rings (SSSR count). The van der Waals surface area contributed by atoms with Crippen molar-refractivity contribution in [3.8, 4) is 0 Å². The summed E-state index contributed by atoms with van der Waals surface area (Å²) in [4.78, 5) is 2.67. The highest BCUT2D eigenvalue weighted by atomic mass is 79.9. The fourth-order valence-electron chi connectivity index (χ4n) is 2.87. The lowest BCUT2D eigenvalue weighted by molar-refractivity contribution is 0.202. The van der Waals surface area contributed by atoms with Crippen LogP contribution in [0, 0.1) is 0 Å². The first-order valence-corrected chi connectivity index (χ1v) is 7.55. The van der Waals surface area contributed by atoms with E-state index in [2.05, 4.69) is 52.9 Å². The number of rotatable bonds is 5. The van der Waals surface area contributed by atoms with Gasteiger partial charge in [0.1, 0.15) is 0 Å². The van der Waals surface area contributed by atoms with Crippen molar-refractivity contribution in [2.75, 3.05) is 13.1 Å². The first-order valence-electron chi connectivity index (χ1n) is 6.76. The van der Waals surface area contributed by atoms with Gasteiger partial charge in [0.25, 0.3) is 0 Å². The molecule has 0 aromatic heterocycles. The molecule has 1 atom stereocenters. The quantitative estimate of drug-likeness (QED) is 0.792. The van der Waals surface area contributed by atoms with Gasteiger partial charge in [-0.3, -0.25) is 4.90 Å². The molecule has 0 fully saturated rings. The van der Waals surface area contributed by atoms with Crippen LogP contribution in [0.25, 0.3) is 0 Å². The average Bonchev–Trinajstić information content (AvgIpc) is 2.71. The number of halogens is 1. The number of fused-ring (bicyclic) bond motifs is 1. The van der Waals surface area contributed by atoms with Crippen molar-refractivity contribution in [2.45, 2.75) is 45.6 Å². The van der Waals surface area contributed by atoms with E-state index in [9.17, 15) is 0 Å². The third-order valence-electron chi connectivity index (χ3n) is 3.62. The second-order valence-corrected chi connectivity index (χ2v) is 5.93. The molecule has 0 spiro atoms. The Morgan fingerprint density at radius 1 is 1.12 bits per heavy atom. The molecule has 94 valence electrons. The van der Waals surface area contributed by atoms with Crippen LogP contribution in [0.1, 0.15) is 37.8 Å². The molecule has 0 radical (unpaired) electrons. The van der Waals surface area contributed by atoms with Gasteiger partial charge in [-0.25, -0.2) is 0 Å². The van der Waals surface area contributed by atoms with Crippen LogP contribution in [0.4, 0.5) is 0 Å². The number of benzene rings is 1. The molecule has 0 N–H and O–H groups in total. The molecular formula is C15H22BrN. The fourth-order valence-corrected chi connectivity index (χ4v) is 3.28. The zero-order chi connectivity index (χ0) is 12.3. The van der Waals surface area contributed by atoms with Crippen molar-refractivity contribution >= 4 is 15.9 Å². The van der Waals surface area contributed by atoms with Crippen LogP contribution in [0.15, 0.2) is 22.7 Å². The number of nitrogens with zero attached hydrogens (tertiary/aromatic N) is 1. The summed E-state index contributed by atoms with van der Waals surface area (Å²) in [6.07, 6.45) is 4.99. The van der Waals surface area contributed by atoms with Crippen LogP contribution in [-0.4, -0.2) is 24.0 Å². The first-order chi connectivity index (χ1) is 8.24. The topological polar surface area (TPSA) is 3.24 Å². The number of hydrogen-bond donors (Lipinski definition) is 0. The van der Waals surface area contributed by atoms with Gasteiger partial charge in [0.2, 0.25) is 0 Å². The van der Waals surface area contributed by atoms with Gasteiger partial charge in [-0.2, -0.15) is 0 Å². The predicted octanol–water partition coefficient (Wildman–Crippen LogP) is 4.04. The van der Waals surface area contributed by atoms with E-state index in [4.69, 9.17) is 0 Å². The van der Waals surface area contributed by atoms with E-state index < -0.39 is 0 Å². The summed E-state index contributed by atoms with van der Waals surface area (Å²) in [5, 5.41) is 0. The molecule has 17 heavy (non-hydrogen) atoms. The smallest absolute Gasteiger partial charge is 0.0178 e. The lowest BCUT2D eigenvalue weighted by Crippen LogP contribution is -2.37. The van der Waals surface area contributed by atoms with Crippen molar-refractivity contribution in [3.63, 3.8) is 0 Å². The van der Waals surface area contributed by atoms with Gasteiger partial charge in [-0.15, -0.1) is 0 Å². The summed E-state index contributed by atoms with van der Waals surface area (Å²) in [5.74, 6) is 0. The minimum atomic E-state index is 0.735. The second kappa shape index (κ2) is 6.01. The van der Waals surface area contributed by atoms with Crippen LogP contribution in [0.3, 0.4) is 0 Å². The first kappa shape index (κ1) is 13.1. The van der Waals surface area contributed by atoms with Crippen molar-refractivity contribution in [3.05, 3.63) is 33.8 Å². The Labute approximate surface area is 113 Å². The Hall–Kier alpha value is -0.340. The molecule has 0 saturated heterocycles. The maximum Gasteiger partial charge on any atom is 0.0178 e. The molecule has 1 aromatic rings. The average molecular weight is 296 g/mol. The highest BCUT2D eigenvalue weighted by molar-refractivity contribution is 9.10. The Bertz CT molecular complexity index is 369. The van der Waals surface area contributed by atoms with Gasteiger partial charge in [0.05, 0.1) is 0 Å². The third kappa shape index (κ3) is 3.11. The highest BCUT2D eigenvalue weighted by Gasteiger charge is 2.25. The number of hydrogen-bond acceptors (Lipinski definition) is 1. The summed E-state index contributed by atoms with van der Waals surface area (Å²) in [5.41, 5.74) is 3.09. The van der Waals surface area contributed by atoms with E-state index >= 15 is 0 Å². The molecule has 0 bridgehead atoms. The summed E-state index contributed by atoms with van der Waals surface area (Å²) in [7, 11) is 0. The van der Waals surface area contributed by atoms with E-state index in [1.54, 1.807) is 11.1 Å². The molecular weight excluding hydrogens is 274 g/mol. The molecule has 0 heterocycles. The maximum absolute atomic E-state index is 3.57. The molecule has 1 aliphatic rings.